The first-order valence-corrected chi connectivity index (χ1v) is 4.90. The van der Waals surface area contributed by atoms with E-state index in [2.05, 4.69) is 11.4 Å². The van der Waals surface area contributed by atoms with Crippen LogP contribution in [0, 0.1) is 11.3 Å². The van der Waals surface area contributed by atoms with E-state index in [4.69, 9.17) is 5.26 Å². The van der Waals surface area contributed by atoms with Crippen molar-refractivity contribution in [2.24, 2.45) is 0 Å². The molecule has 0 aliphatic carbocycles. The van der Waals surface area contributed by atoms with E-state index in [1.54, 1.807) is 11.9 Å². The first kappa shape index (κ1) is 12.9. The van der Waals surface area contributed by atoms with E-state index in [9.17, 15) is 4.79 Å². The van der Waals surface area contributed by atoms with Crippen LogP contribution in [0.5, 0.6) is 0 Å². The summed E-state index contributed by atoms with van der Waals surface area (Å²) < 4.78 is 0. The van der Waals surface area contributed by atoms with Gasteiger partial charge in [-0.25, -0.2) is 0 Å². The Morgan fingerprint density at radius 1 is 1.57 bits per heavy atom. The van der Waals surface area contributed by atoms with Crippen LogP contribution in [0.3, 0.4) is 0 Å². The summed E-state index contributed by atoms with van der Waals surface area (Å²) in [5.74, 6) is 0.0669. The zero-order valence-corrected chi connectivity index (χ0v) is 9.37. The molecule has 4 heteroatoms. The van der Waals surface area contributed by atoms with Crippen LogP contribution < -0.4 is 5.32 Å². The Morgan fingerprint density at radius 3 is 2.57 bits per heavy atom. The Hall–Kier alpha value is -1.08. The lowest BCUT2D eigenvalue weighted by atomic mass is 10.2. The Bertz CT molecular complexity index is 222. The standard InChI is InChI=1S/C10H19N3O/c1-5-13(4)10(14)9(3)12-8(2)6-7-11/h8-9,12H,5-6H2,1-4H3. The molecule has 0 aromatic carbocycles. The highest BCUT2D eigenvalue weighted by Gasteiger charge is 2.17. The van der Waals surface area contributed by atoms with E-state index in [1.807, 2.05) is 20.8 Å². The molecule has 0 aromatic heterocycles. The number of hydrogen-bond donors (Lipinski definition) is 1. The van der Waals surface area contributed by atoms with Gasteiger partial charge >= 0.3 is 0 Å². The van der Waals surface area contributed by atoms with Gasteiger partial charge in [-0.15, -0.1) is 0 Å². The first-order valence-electron chi connectivity index (χ1n) is 4.90. The lowest BCUT2D eigenvalue weighted by Crippen LogP contribution is -2.46. The molecule has 0 saturated carbocycles. The van der Waals surface area contributed by atoms with Crippen LogP contribution in [0.15, 0.2) is 0 Å². The highest BCUT2D eigenvalue weighted by Crippen LogP contribution is 1.96. The molecule has 4 nitrogen and oxygen atoms in total. The van der Waals surface area contributed by atoms with Crippen molar-refractivity contribution < 1.29 is 4.79 Å². The first-order chi connectivity index (χ1) is 6.52. The Labute approximate surface area is 85.9 Å². The number of nitrogens with one attached hydrogen (secondary N) is 1. The van der Waals surface area contributed by atoms with E-state index in [0.29, 0.717) is 13.0 Å². The van der Waals surface area contributed by atoms with E-state index in [0.717, 1.165) is 0 Å². The molecule has 0 aromatic rings. The molecule has 0 spiro atoms. The maximum Gasteiger partial charge on any atom is 0.239 e. The number of likely N-dealkylation sites (N-methyl/N-ethyl adjacent to an activating group) is 1. The summed E-state index contributed by atoms with van der Waals surface area (Å²) >= 11 is 0. The van der Waals surface area contributed by atoms with Gasteiger partial charge in [0.25, 0.3) is 0 Å². The van der Waals surface area contributed by atoms with Crippen LogP contribution in [0.2, 0.25) is 0 Å². The number of rotatable bonds is 5. The number of carbonyl (C=O) groups excluding carboxylic acids is 1. The molecule has 0 saturated heterocycles. The van der Waals surface area contributed by atoms with Crippen molar-refractivity contribution in [3.05, 3.63) is 0 Å². The third-order valence-corrected chi connectivity index (χ3v) is 2.15. The molecule has 0 bridgehead atoms. The van der Waals surface area contributed by atoms with Crippen LogP contribution in [0.25, 0.3) is 0 Å². The average Bonchev–Trinajstić information content (AvgIpc) is 2.15. The molecular formula is C10H19N3O. The lowest BCUT2D eigenvalue weighted by Gasteiger charge is -2.22. The minimum Gasteiger partial charge on any atom is -0.345 e. The predicted octanol–water partition coefficient (Wildman–Crippen LogP) is 0.745. The zero-order chi connectivity index (χ0) is 11.1. The summed E-state index contributed by atoms with van der Waals surface area (Å²) in [6.45, 7) is 6.36. The van der Waals surface area contributed by atoms with Gasteiger partial charge in [-0.05, 0) is 20.8 Å². The molecule has 1 N–H and O–H groups in total. The molecule has 0 aliphatic rings. The van der Waals surface area contributed by atoms with Gasteiger partial charge in [-0.2, -0.15) is 5.26 Å². The second kappa shape index (κ2) is 6.39. The molecule has 0 heterocycles. The van der Waals surface area contributed by atoms with Crippen molar-refractivity contribution in [3.8, 4) is 6.07 Å². The fraction of sp³-hybridized carbons (Fsp3) is 0.800. The Morgan fingerprint density at radius 2 is 2.14 bits per heavy atom. The molecule has 80 valence electrons. The van der Waals surface area contributed by atoms with Crippen LogP contribution in [0.4, 0.5) is 0 Å². The van der Waals surface area contributed by atoms with Crippen molar-refractivity contribution in [3.63, 3.8) is 0 Å². The van der Waals surface area contributed by atoms with E-state index < -0.39 is 0 Å². The monoisotopic (exact) mass is 197 g/mol. The van der Waals surface area contributed by atoms with E-state index in [1.165, 1.54) is 0 Å². The number of amides is 1. The van der Waals surface area contributed by atoms with Gasteiger partial charge in [0.1, 0.15) is 0 Å². The predicted molar refractivity (Wildman–Crippen MR) is 55.6 cm³/mol. The summed E-state index contributed by atoms with van der Waals surface area (Å²) in [5.41, 5.74) is 0. The van der Waals surface area contributed by atoms with Gasteiger partial charge in [0.05, 0.1) is 18.5 Å². The van der Waals surface area contributed by atoms with E-state index in [-0.39, 0.29) is 18.0 Å². The highest BCUT2D eigenvalue weighted by atomic mass is 16.2. The van der Waals surface area contributed by atoms with Crippen LogP contribution in [-0.2, 0) is 4.79 Å². The van der Waals surface area contributed by atoms with Crippen molar-refractivity contribution in [2.45, 2.75) is 39.3 Å². The number of nitrogens with zero attached hydrogens (tertiary/aromatic N) is 2. The van der Waals surface area contributed by atoms with Gasteiger partial charge in [-0.1, -0.05) is 0 Å². The number of hydrogen-bond acceptors (Lipinski definition) is 3. The third kappa shape index (κ3) is 4.24. The summed E-state index contributed by atoms with van der Waals surface area (Å²) in [7, 11) is 1.77. The fourth-order valence-electron chi connectivity index (χ4n) is 1.18. The molecular weight excluding hydrogens is 178 g/mol. The van der Waals surface area contributed by atoms with Gasteiger partial charge < -0.3 is 10.2 Å². The van der Waals surface area contributed by atoms with Gasteiger partial charge in [0.15, 0.2) is 0 Å². The number of carbonyl (C=O) groups is 1. The second-order valence-corrected chi connectivity index (χ2v) is 3.50. The van der Waals surface area contributed by atoms with Crippen molar-refractivity contribution in [1.82, 2.24) is 10.2 Å². The van der Waals surface area contributed by atoms with Gasteiger partial charge in [0.2, 0.25) is 5.91 Å². The van der Waals surface area contributed by atoms with Crippen molar-refractivity contribution in [2.75, 3.05) is 13.6 Å². The molecule has 0 rings (SSSR count). The normalized spacial score (nSPS) is 14.2. The topological polar surface area (TPSA) is 56.1 Å². The molecule has 0 radical (unpaired) electrons. The molecule has 2 unspecified atom stereocenters. The summed E-state index contributed by atoms with van der Waals surface area (Å²) in [5, 5.41) is 11.5. The number of nitriles is 1. The van der Waals surface area contributed by atoms with Gasteiger partial charge in [-0.3, -0.25) is 4.79 Å². The summed E-state index contributed by atoms with van der Waals surface area (Å²) in [6.07, 6.45) is 0.424. The summed E-state index contributed by atoms with van der Waals surface area (Å²) in [4.78, 5) is 13.3. The van der Waals surface area contributed by atoms with Gasteiger partial charge in [0, 0.05) is 19.6 Å². The SMILES string of the molecule is CCN(C)C(=O)C(C)NC(C)CC#N. The Balaban J connectivity index is 4.02. The molecule has 2 atom stereocenters. The largest absolute Gasteiger partial charge is 0.345 e. The molecule has 1 amide bonds. The summed E-state index contributed by atoms with van der Waals surface area (Å²) in [6, 6.07) is 1.91. The smallest absolute Gasteiger partial charge is 0.239 e. The quantitative estimate of drug-likeness (QED) is 0.707. The van der Waals surface area contributed by atoms with Crippen molar-refractivity contribution in [1.29, 1.82) is 5.26 Å². The molecule has 0 aliphatic heterocycles. The van der Waals surface area contributed by atoms with E-state index >= 15 is 0 Å². The van der Waals surface area contributed by atoms with Crippen molar-refractivity contribution >= 4 is 5.91 Å². The maximum atomic E-state index is 11.6. The lowest BCUT2D eigenvalue weighted by molar-refractivity contribution is -0.131. The zero-order valence-electron chi connectivity index (χ0n) is 9.37. The average molecular weight is 197 g/mol. The maximum absolute atomic E-state index is 11.6. The minimum absolute atomic E-state index is 0.0595. The highest BCUT2D eigenvalue weighted by molar-refractivity contribution is 5.81. The Kier molecular flexibility index (Phi) is 5.89. The van der Waals surface area contributed by atoms with Crippen LogP contribution in [-0.4, -0.2) is 36.5 Å². The minimum atomic E-state index is -0.219. The van der Waals surface area contributed by atoms with Crippen LogP contribution in [0.1, 0.15) is 27.2 Å². The third-order valence-electron chi connectivity index (χ3n) is 2.15. The molecule has 14 heavy (non-hydrogen) atoms. The fourth-order valence-corrected chi connectivity index (χ4v) is 1.18. The second-order valence-electron chi connectivity index (χ2n) is 3.50. The molecule has 0 fully saturated rings. The van der Waals surface area contributed by atoms with Crippen LogP contribution >= 0.6 is 0 Å².